The van der Waals surface area contributed by atoms with Gasteiger partial charge in [-0.2, -0.15) is 11.8 Å². The van der Waals surface area contributed by atoms with Crippen molar-refractivity contribution < 1.29 is 9.50 Å². The van der Waals surface area contributed by atoms with Crippen LogP contribution in [0.25, 0.3) is 0 Å². The molecule has 88 valence electrons. The number of aliphatic hydroxyl groups excluding tert-OH is 1. The molecule has 1 fully saturated rings. The molecule has 1 N–H and O–H groups in total. The van der Waals surface area contributed by atoms with Crippen molar-refractivity contribution in [1.29, 1.82) is 0 Å². The minimum Gasteiger partial charge on any atom is -0.387 e. The second-order valence-electron chi connectivity index (χ2n) is 4.36. The first-order chi connectivity index (χ1) is 7.68. The molecule has 0 aliphatic carbocycles. The minimum atomic E-state index is -0.527. The summed E-state index contributed by atoms with van der Waals surface area (Å²) < 4.78 is 13.4. The number of thioether (sulfide) groups is 1. The molecule has 16 heavy (non-hydrogen) atoms. The van der Waals surface area contributed by atoms with Gasteiger partial charge in [-0.05, 0) is 42.7 Å². The van der Waals surface area contributed by atoms with Crippen LogP contribution in [-0.4, -0.2) is 16.1 Å². The van der Waals surface area contributed by atoms with Gasteiger partial charge >= 0.3 is 0 Å². The Morgan fingerprint density at radius 3 is 2.88 bits per heavy atom. The molecule has 2 atom stereocenters. The Morgan fingerprint density at radius 1 is 1.44 bits per heavy atom. The van der Waals surface area contributed by atoms with Crippen molar-refractivity contribution in [3.63, 3.8) is 0 Å². The summed E-state index contributed by atoms with van der Waals surface area (Å²) in [5.41, 5.74) is 1.34. The molecule has 3 heteroatoms. The Hall–Kier alpha value is -0.540. The predicted octanol–water partition coefficient (Wildman–Crippen LogP) is 3.45. The van der Waals surface area contributed by atoms with Crippen molar-refractivity contribution in [2.75, 3.05) is 5.75 Å². The molecule has 0 bridgehead atoms. The molecule has 2 rings (SSSR count). The smallest absolute Gasteiger partial charge is 0.126 e. The number of hydrogen-bond acceptors (Lipinski definition) is 2. The van der Waals surface area contributed by atoms with Crippen molar-refractivity contribution >= 4 is 11.8 Å². The van der Waals surface area contributed by atoms with Crippen LogP contribution in [0, 0.1) is 12.7 Å². The van der Waals surface area contributed by atoms with Crippen LogP contribution in [0.2, 0.25) is 0 Å². The number of rotatable bonds is 2. The van der Waals surface area contributed by atoms with E-state index in [2.05, 4.69) is 0 Å². The first kappa shape index (κ1) is 11.9. The molecule has 2 unspecified atom stereocenters. The lowest BCUT2D eigenvalue weighted by atomic mass is 10.0. The van der Waals surface area contributed by atoms with Gasteiger partial charge in [0.1, 0.15) is 5.82 Å². The molecule has 0 spiro atoms. The molecule has 0 amide bonds. The first-order valence-corrected chi connectivity index (χ1v) is 6.79. The van der Waals surface area contributed by atoms with Crippen LogP contribution in [0.3, 0.4) is 0 Å². The first-order valence-electron chi connectivity index (χ1n) is 5.74. The van der Waals surface area contributed by atoms with Crippen LogP contribution in [0.4, 0.5) is 4.39 Å². The molecule has 1 aliphatic rings. The SMILES string of the molecule is Cc1ccc(C(O)C2CCCCS2)cc1F. The number of hydrogen-bond donors (Lipinski definition) is 1. The molecule has 1 saturated heterocycles. The normalized spacial score (nSPS) is 23.1. The average molecular weight is 240 g/mol. The van der Waals surface area contributed by atoms with Crippen molar-refractivity contribution in [2.45, 2.75) is 37.5 Å². The Kier molecular flexibility index (Phi) is 3.87. The highest BCUT2D eigenvalue weighted by Crippen LogP contribution is 2.34. The summed E-state index contributed by atoms with van der Waals surface area (Å²) in [4.78, 5) is 0. The topological polar surface area (TPSA) is 20.2 Å². The van der Waals surface area contributed by atoms with E-state index < -0.39 is 6.10 Å². The standard InChI is InChI=1S/C13H17FOS/c1-9-5-6-10(8-11(9)14)13(15)12-4-2-3-7-16-12/h5-6,8,12-13,15H,2-4,7H2,1H3. The summed E-state index contributed by atoms with van der Waals surface area (Å²) in [5, 5.41) is 10.4. The van der Waals surface area contributed by atoms with Gasteiger partial charge in [-0.3, -0.25) is 0 Å². The fraction of sp³-hybridized carbons (Fsp3) is 0.538. The molecular weight excluding hydrogens is 223 g/mol. The summed E-state index contributed by atoms with van der Waals surface area (Å²) in [6.45, 7) is 1.74. The van der Waals surface area contributed by atoms with Crippen LogP contribution >= 0.6 is 11.8 Å². The highest BCUT2D eigenvalue weighted by molar-refractivity contribution is 7.99. The molecule has 1 nitrogen and oxygen atoms in total. The molecule has 1 aliphatic heterocycles. The Bertz CT molecular complexity index is 361. The van der Waals surface area contributed by atoms with Gasteiger partial charge in [0.15, 0.2) is 0 Å². The zero-order chi connectivity index (χ0) is 11.5. The monoisotopic (exact) mass is 240 g/mol. The van der Waals surface area contributed by atoms with E-state index in [0.717, 1.165) is 12.2 Å². The predicted molar refractivity (Wildman–Crippen MR) is 66.2 cm³/mol. The lowest BCUT2D eigenvalue weighted by Gasteiger charge is -2.26. The van der Waals surface area contributed by atoms with Crippen molar-refractivity contribution in [2.24, 2.45) is 0 Å². The molecule has 0 saturated carbocycles. The molecule has 1 heterocycles. The fourth-order valence-corrected chi connectivity index (χ4v) is 3.37. The Labute approximate surface area is 100 Å². The molecular formula is C13H17FOS. The minimum absolute atomic E-state index is 0.225. The highest BCUT2D eigenvalue weighted by atomic mass is 32.2. The zero-order valence-corrected chi connectivity index (χ0v) is 10.3. The number of halogens is 1. The summed E-state index contributed by atoms with van der Waals surface area (Å²) >= 11 is 1.80. The van der Waals surface area contributed by atoms with E-state index in [0.29, 0.717) is 11.1 Å². The van der Waals surface area contributed by atoms with Gasteiger partial charge < -0.3 is 5.11 Å². The summed E-state index contributed by atoms with van der Waals surface area (Å²) in [6, 6.07) is 5.04. The fourth-order valence-electron chi connectivity index (χ4n) is 2.02. The van der Waals surface area contributed by atoms with Gasteiger partial charge in [-0.1, -0.05) is 18.6 Å². The maximum Gasteiger partial charge on any atom is 0.126 e. The van der Waals surface area contributed by atoms with Gasteiger partial charge in [0.05, 0.1) is 6.10 Å². The van der Waals surface area contributed by atoms with Gasteiger partial charge in [0.25, 0.3) is 0 Å². The van der Waals surface area contributed by atoms with Gasteiger partial charge in [0, 0.05) is 5.25 Å². The Balaban J connectivity index is 2.12. The van der Waals surface area contributed by atoms with Crippen molar-refractivity contribution in [1.82, 2.24) is 0 Å². The largest absolute Gasteiger partial charge is 0.387 e. The second-order valence-corrected chi connectivity index (χ2v) is 5.71. The summed E-state index contributed by atoms with van der Waals surface area (Å²) in [7, 11) is 0. The maximum absolute atomic E-state index is 13.4. The lowest BCUT2D eigenvalue weighted by Crippen LogP contribution is -2.19. The second kappa shape index (κ2) is 5.19. The van der Waals surface area contributed by atoms with E-state index in [1.54, 1.807) is 24.8 Å². The zero-order valence-electron chi connectivity index (χ0n) is 9.45. The third-order valence-corrected chi connectivity index (χ3v) is 4.55. The van der Waals surface area contributed by atoms with E-state index in [1.807, 2.05) is 6.07 Å². The maximum atomic E-state index is 13.4. The quantitative estimate of drug-likeness (QED) is 0.854. The summed E-state index contributed by atoms with van der Waals surface area (Å²) in [6.07, 6.45) is 2.90. The Morgan fingerprint density at radius 2 is 2.25 bits per heavy atom. The third kappa shape index (κ3) is 2.58. The highest BCUT2D eigenvalue weighted by Gasteiger charge is 2.23. The van der Waals surface area contributed by atoms with Crippen LogP contribution < -0.4 is 0 Å². The average Bonchev–Trinajstić information content (AvgIpc) is 2.33. The van der Waals surface area contributed by atoms with Crippen molar-refractivity contribution in [3.05, 3.63) is 35.1 Å². The van der Waals surface area contributed by atoms with E-state index in [1.165, 1.54) is 18.9 Å². The van der Waals surface area contributed by atoms with E-state index >= 15 is 0 Å². The van der Waals surface area contributed by atoms with Crippen LogP contribution in [0.5, 0.6) is 0 Å². The molecule has 0 radical (unpaired) electrons. The van der Waals surface area contributed by atoms with E-state index in [4.69, 9.17) is 0 Å². The lowest BCUT2D eigenvalue weighted by molar-refractivity contribution is 0.168. The number of aryl methyl sites for hydroxylation is 1. The van der Waals surface area contributed by atoms with E-state index in [9.17, 15) is 9.50 Å². The molecule has 1 aromatic carbocycles. The van der Waals surface area contributed by atoms with E-state index in [-0.39, 0.29) is 11.1 Å². The van der Waals surface area contributed by atoms with Crippen LogP contribution in [-0.2, 0) is 0 Å². The van der Waals surface area contributed by atoms with Crippen LogP contribution in [0.15, 0.2) is 18.2 Å². The molecule has 0 aromatic heterocycles. The van der Waals surface area contributed by atoms with Crippen molar-refractivity contribution in [3.8, 4) is 0 Å². The van der Waals surface area contributed by atoms with Gasteiger partial charge in [-0.25, -0.2) is 4.39 Å². The number of aliphatic hydroxyl groups is 1. The molecule has 1 aromatic rings. The van der Waals surface area contributed by atoms with Gasteiger partial charge in [0.2, 0.25) is 0 Å². The van der Waals surface area contributed by atoms with Crippen LogP contribution in [0.1, 0.15) is 36.5 Å². The number of benzene rings is 1. The third-order valence-electron chi connectivity index (χ3n) is 3.10. The summed E-state index contributed by atoms with van der Waals surface area (Å²) in [5.74, 6) is 0.883. The van der Waals surface area contributed by atoms with Gasteiger partial charge in [-0.15, -0.1) is 0 Å².